The molecule has 7 heteroatoms. The Balaban J connectivity index is 1.40. The lowest BCUT2D eigenvalue weighted by Crippen LogP contribution is -2.01. The van der Waals surface area contributed by atoms with Gasteiger partial charge < -0.3 is 10.1 Å². The Labute approximate surface area is 167 Å². The summed E-state index contributed by atoms with van der Waals surface area (Å²) in [6, 6.07) is 15.9. The van der Waals surface area contributed by atoms with Gasteiger partial charge in [0.05, 0.1) is 13.3 Å². The van der Waals surface area contributed by atoms with Crippen LogP contribution in [0.4, 0.5) is 11.5 Å². The molecule has 0 radical (unpaired) electrons. The van der Waals surface area contributed by atoms with Gasteiger partial charge in [-0.1, -0.05) is 12.1 Å². The van der Waals surface area contributed by atoms with Gasteiger partial charge in [0.25, 0.3) is 0 Å². The minimum atomic E-state index is 0.597. The van der Waals surface area contributed by atoms with Crippen molar-refractivity contribution in [1.82, 2.24) is 24.7 Å². The van der Waals surface area contributed by atoms with E-state index >= 15 is 0 Å². The first-order valence-electron chi connectivity index (χ1n) is 9.14. The molecule has 142 valence electrons. The fraction of sp³-hybridized carbons (Fsp3) is 0.0455. The number of nitrogens with zero attached hydrogens (tertiary/aromatic N) is 4. The van der Waals surface area contributed by atoms with Crippen molar-refractivity contribution < 1.29 is 4.74 Å². The summed E-state index contributed by atoms with van der Waals surface area (Å²) in [7, 11) is 1.66. The molecule has 5 rings (SSSR count). The van der Waals surface area contributed by atoms with E-state index in [2.05, 4.69) is 25.5 Å². The highest BCUT2D eigenvalue weighted by Gasteiger charge is 2.06. The van der Waals surface area contributed by atoms with Crippen LogP contribution in [0.25, 0.3) is 27.8 Å². The zero-order valence-electron chi connectivity index (χ0n) is 15.7. The molecule has 2 N–H and O–H groups in total. The number of ether oxygens (including phenoxy) is 1. The number of rotatable bonds is 5. The van der Waals surface area contributed by atoms with Crippen LogP contribution in [0.2, 0.25) is 0 Å². The second-order valence-electron chi connectivity index (χ2n) is 6.59. The third-order valence-corrected chi connectivity index (χ3v) is 4.71. The number of anilines is 2. The van der Waals surface area contributed by atoms with Crippen molar-refractivity contribution >= 4 is 22.3 Å². The average molecular weight is 382 g/mol. The third-order valence-electron chi connectivity index (χ3n) is 4.71. The van der Waals surface area contributed by atoms with Crippen molar-refractivity contribution in [1.29, 1.82) is 0 Å². The minimum Gasteiger partial charge on any atom is -0.497 e. The Hall–Kier alpha value is -4.13. The highest BCUT2D eigenvalue weighted by molar-refractivity contribution is 5.84. The minimum absolute atomic E-state index is 0.597. The summed E-state index contributed by atoms with van der Waals surface area (Å²) in [4.78, 5) is 9.05. The summed E-state index contributed by atoms with van der Waals surface area (Å²) in [5.74, 6) is 2.15. The second-order valence-corrected chi connectivity index (χ2v) is 6.59. The van der Waals surface area contributed by atoms with Gasteiger partial charge >= 0.3 is 0 Å². The van der Waals surface area contributed by atoms with Crippen LogP contribution in [0.15, 0.2) is 79.5 Å². The Bertz CT molecular complexity index is 1260. The number of fused-ring (bicyclic) bond motifs is 1. The predicted molar refractivity (Wildman–Crippen MR) is 113 cm³/mol. The molecule has 0 atom stereocenters. The number of aromatic nitrogens is 5. The summed E-state index contributed by atoms with van der Waals surface area (Å²) < 4.78 is 7.21. The largest absolute Gasteiger partial charge is 0.497 e. The molecule has 0 aliphatic heterocycles. The maximum Gasteiger partial charge on any atom is 0.235 e. The highest BCUT2D eigenvalue weighted by atomic mass is 16.5. The number of hydrogen-bond donors (Lipinski definition) is 2. The monoisotopic (exact) mass is 382 g/mol. The van der Waals surface area contributed by atoms with Gasteiger partial charge in [-0.05, 0) is 42.0 Å². The van der Waals surface area contributed by atoms with Crippen LogP contribution in [-0.2, 0) is 0 Å². The Morgan fingerprint density at radius 1 is 0.966 bits per heavy atom. The molecular formula is C22H18N6O. The van der Waals surface area contributed by atoms with E-state index in [0.29, 0.717) is 5.95 Å². The number of benzene rings is 2. The summed E-state index contributed by atoms with van der Waals surface area (Å²) in [6.07, 6.45) is 9.42. The fourth-order valence-electron chi connectivity index (χ4n) is 3.21. The molecule has 0 fully saturated rings. The van der Waals surface area contributed by atoms with Gasteiger partial charge in [0.1, 0.15) is 11.6 Å². The number of aromatic amines is 1. The summed E-state index contributed by atoms with van der Waals surface area (Å²) >= 11 is 0. The van der Waals surface area contributed by atoms with Gasteiger partial charge in [0.2, 0.25) is 5.95 Å². The van der Waals surface area contributed by atoms with Crippen LogP contribution in [0.3, 0.4) is 0 Å². The number of nitrogens with one attached hydrogen (secondary N) is 2. The molecule has 5 aromatic rings. The lowest BCUT2D eigenvalue weighted by Gasteiger charge is -2.08. The highest BCUT2D eigenvalue weighted by Crippen LogP contribution is 2.24. The molecule has 0 bridgehead atoms. The zero-order chi connectivity index (χ0) is 19.6. The van der Waals surface area contributed by atoms with Crippen LogP contribution in [-0.4, -0.2) is 31.8 Å². The SMILES string of the molecule is COc1ccc2cn(-c3nccc(Nc4ccc(-c5cn[nH]c5)cc4)n3)cc2c1. The van der Waals surface area contributed by atoms with Crippen molar-refractivity contribution in [2.45, 2.75) is 0 Å². The fourth-order valence-corrected chi connectivity index (χ4v) is 3.21. The van der Waals surface area contributed by atoms with Crippen molar-refractivity contribution in [2.75, 3.05) is 12.4 Å². The van der Waals surface area contributed by atoms with Gasteiger partial charge in [-0.3, -0.25) is 9.67 Å². The van der Waals surface area contributed by atoms with E-state index in [0.717, 1.165) is 39.2 Å². The van der Waals surface area contributed by atoms with Crippen LogP contribution >= 0.6 is 0 Å². The van der Waals surface area contributed by atoms with E-state index in [4.69, 9.17) is 4.74 Å². The van der Waals surface area contributed by atoms with Crippen molar-refractivity contribution in [2.24, 2.45) is 0 Å². The molecule has 0 aliphatic rings. The maximum absolute atomic E-state index is 5.30. The quantitative estimate of drug-likeness (QED) is 0.466. The van der Waals surface area contributed by atoms with Gasteiger partial charge in [-0.15, -0.1) is 0 Å². The van der Waals surface area contributed by atoms with E-state index in [1.54, 1.807) is 19.5 Å². The van der Waals surface area contributed by atoms with Crippen LogP contribution in [0.1, 0.15) is 0 Å². The average Bonchev–Trinajstić information content (AvgIpc) is 3.44. The van der Waals surface area contributed by atoms with Crippen LogP contribution < -0.4 is 10.1 Å². The molecule has 0 amide bonds. The number of H-pyrrole nitrogens is 1. The lowest BCUT2D eigenvalue weighted by molar-refractivity contribution is 0.415. The standard InChI is InChI=1S/C22H18N6O/c1-29-20-7-4-16-13-28(14-17(16)10-20)22-23-9-8-21(27-22)26-19-5-2-15(3-6-19)18-11-24-25-12-18/h2-14H,1H3,(H,24,25)(H,23,26,27). The molecular weight excluding hydrogens is 364 g/mol. The van der Waals surface area contributed by atoms with Gasteiger partial charge in [0, 0.05) is 46.8 Å². The molecule has 7 nitrogen and oxygen atoms in total. The second kappa shape index (κ2) is 7.12. The molecule has 3 aromatic heterocycles. The number of methoxy groups -OCH3 is 1. The van der Waals surface area contributed by atoms with Crippen molar-refractivity contribution in [3.05, 3.63) is 79.5 Å². The first-order chi connectivity index (χ1) is 14.3. The molecule has 0 saturated heterocycles. The van der Waals surface area contributed by atoms with Crippen molar-refractivity contribution in [3.8, 4) is 22.8 Å². The van der Waals surface area contributed by atoms with Crippen LogP contribution in [0.5, 0.6) is 5.75 Å². The molecule has 0 spiro atoms. The molecule has 0 saturated carbocycles. The Morgan fingerprint density at radius 2 is 1.83 bits per heavy atom. The summed E-state index contributed by atoms with van der Waals surface area (Å²) in [5, 5.41) is 12.3. The van der Waals surface area contributed by atoms with Crippen molar-refractivity contribution in [3.63, 3.8) is 0 Å². The molecule has 2 aromatic carbocycles. The van der Waals surface area contributed by atoms with Gasteiger partial charge in [-0.25, -0.2) is 4.98 Å². The van der Waals surface area contributed by atoms with E-state index < -0.39 is 0 Å². The smallest absolute Gasteiger partial charge is 0.235 e. The maximum atomic E-state index is 5.30. The van der Waals surface area contributed by atoms with Gasteiger partial charge in [-0.2, -0.15) is 10.1 Å². The molecule has 0 aliphatic carbocycles. The molecule has 3 heterocycles. The molecule has 0 unspecified atom stereocenters. The topological polar surface area (TPSA) is 80.6 Å². The first kappa shape index (κ1) is 17.0. The lowest BCUT2D eigenvalue weighted by atomic mass is 10.1. The molecule has 29 heavy (non-hydrogen) atoms. The normalized spacial score (nSPS) is 10.9. The van der Waals surface area contributed by atoms with E-state index in [9.17, 15) is 0 Å². The Kier molecular flexibility index (Phi) is 4.18. The van der Waals surface area contributed by atoms with Gasteiger partial charge in [0.15, 0.2) is 0 Å². The van der Waals surface area contributed by atoms with E-state index in [1.807, 2.05) is 71.7 Å². The predicted octanol–water partition coefficient (Wildman–Crippen LogP) is 4.56. The first-order valence-corrected chi connectivity index (χ1v) is 9.14. The van der Waals surface area contributed by atoms with E-state index in [-0.39, 0.29) is 0 Å². The summed E-state index contributed by atoms with van der Waals surface area (Å²) in [6.45, 7) is 0. The van der Waals surface area contributed by atoms with Crippen LogP contribution in [0, 0.1) is 0 Å². The summed E-state index contributed by atoms with van der Waals surface area (Å²) in [5.41, 5.74) is 3.10. The number of hydrogen-bond acceptors (Lipinski definition) is 5. The Morgan fingerprint density at radius 3 is 2.62 bits per heavy atom. The van der Waals surface area contributed by atoms with E-state index in [1.165, 1.54) is 0 Å². The third kappa shape index (κ3) is 3.41. The zero-order valence-corrected chi connectivity index (χ0v) is 15.7.